The molecule has 0 spiro atoms. The standard InChI is InChI=1S/C24H23ClFN3O4/c1-14-10-18(23(31)27-16-4-2-15(25)3-5-16)19(11-14)24(32)28-21-7-6-17(12-20(21)26)29-8-9-33-13-22(29)30/h2-7,12,18-19H,1,8-11,13H2,(H,27,31)(H,28,32)/t18-,19-/m0/s1. The van der Waals surface area contributed by atoms with Crippen LogP contribution < -0.4 is 15.5 Å². The Labute approximate surface area is 195 Å². The second-order valence-corrected chi connectivity index (χ2v) is 8.56. The number of allylic oxidation sites excluding steroid dienone is 1. The van der Waals surface area contributed by atoms with Gasteiger partial charge in [0.1, 0.15) is 12.4 Å². The number of carbonyl (C=O) groups is 3. The van der Waals surface area contributed by atoms with Gasteiger partial charge >= 0.3 is 0 Å². The van der Waals surface area contributed by atoms with E-state index in [2.05, 4.69) is 17.2 Å². The van der Waals surface area contributed by atoms with Crippen molar-refractivity contribution in [1.29, 1.82) is 0 Å². The van der Waals surface area contributed by atoms with E-state index in [0.29, 0.717) is 42.4 Å². The van der Waals surface area contributed by atoms with Crippen molar-refractivity contribution in [2.75, 3.05) is 35.3 Å². The summed E-state index contributed by atoms with van der Waals surface area (Å²) in [6.45, 7) is 4.59. The van der Waals surface area contributed by atoms with Gasteiger partial charge in [-0.05, 0) is 55.3 Å². The first-order valence-corrected chi connectivity index (χ1v) is 10.9. The van der Waals surface area contributed by atoms with Crippen LogP contribution in [0.1, 0.15) is 12.8 Å². The number of rotatable bonds is 5. The summed E-state index contributed by atoms with van der Waals surface area (Å²) in [5.74, 6) is -2.99. The maximum atomic E-state index is 14.7. The maximum absolute atomic E-state index is 14.7. The first kappa shape index (κ1) is 22.9. The van der Waals surface area contributed by atoms with Gasteiger partial charge in [0, 0.05) is 22.9 Å². The number of anilines is 3. The van der Waals surface area contributed by atoms with Gasteiger partial charge < -0.3 is 20.3 Å². The molecule has 0 radical (unpaired) electrons. The molecule has 1 aliphatic heterocycles. The molecule has 0 bridgehead atoms. The van der Waals surface area contributed by atoms with Crippen molar-refractivity contribution in [3.05, 3.63) is 65.5 Å². The lowest BCUT2D eigenvalue weighted by molar-refractivity contribution is -0.128. The van der Waals surface area contributed by atoms with Crippen LogP contribution in [-0.4, -0.2) is 37.5 Å². The molecule has 7 nitrogen and oxygen atoms in total. The number of hydrogen-bond acceptors (Lipinski definition) is 4. The van der Waals surface area contributed by atoms with Gasteiger partial charge in [0.2, 0.25) is 11.8 Å². The van der Waals surface area contributed by atoms with E-state index in [1.807, 2.05) is 0 Å². The van der Waals surface area contributed by atoms with Crippen molar-refractivity contribution < 1.29 is 23.5 Å². The third-order valence-electron chi connectivity index (χ3n) is 5.80. The Morgan fingerprint density at radius 3 is 2.36 bits per heavy atom. The van der Waals surface area contributed by atoms with E-state index in [1.165, 1.54) is 17.0 Å². The van der Waals surface area contributed by atoms with Gasteiger partial charge in [-0.3, -0.25) is 14.4 Å². The molecule has 0 unspecified atom stereocenters. The summed E-state index contributed by atoms with van der Waals surface area (Å²) in [7, 11) is 0. The molecule has 2 aromatic carbocycles. The molecule has 9 heteroatoms. The Morgan fingerprint density at radius 2 is 1.73 bits per heavy atom. The minimum atomic E-state index is -0.676. The van der Waals surface area contributed by atoms with Crippen LogP contribution in [0.4, 0.5) is 21.5 Å². The fourth-order valence-corrected chi connectivity index (χ4v) is 4.22. The van der Waals surface area contributed by atoms with Crippen LogP contribution in [0.3, 0.4) is 0 Å². The van der Waals surface area contributed by atoms with E-state index in [1.54, 1.807) is 30.3 Å². The van der Waals surface area contributed by atoms with E-state index < -0.39 is 23.6 Å². The van der Waals surface area contributed by atoms with Crippen molar-refractivity contribution in [3.63, 3.8) is 0 Å². The van der Waals surface area contributed by atoms with Crippen LogP contribution in [0, 0.1) is 17.7 Å². The third-order valence-corrected chi connectivity index (χ3v) is 6.05. The predicted octanol–water partition coefficient (Wildman–Crippen LogP) is 4.00. The van der Waals surface area contributed by atoms with Gasteiger partial charge in [-0.2, -0.15) is 0 Å². The highest BCUT2D eigenvalue weighted by atomic mass is 35.5. The van der Waals surface area contributed by atoms with Crippen molar-refractivity contribution in [2.24, 2.45) is 11.8 Å². The van der Waals surface area contributed by atoms with Crippen LogP contribution >= 0.6 is 11.6 Å². The molecule has 2 atom stereocenters. The lowest BCUT2D eigenvalue weighted by atomic mass is 9.94. The first-order chi connectivity index (χ1) is 15.8. The zero-order valence-electron chi connectivity index (χ0n) is 17.8. The summed E-state index contributed by atoms with van der Waals surface area (Å²) in [6, 6.07) is 10.9. The van der Waals surface area contributed by atoms with Gasteiger partial charge in [-0.25, -0.2) is 4.39 Å². The summed E-state index contributed by atoms with van der Waals surface area (Å²) >= 11 is 5.88. The van der Waals surface area contributed by atoms with Crippen molar-refractivity contribution in [2.45, 2.75) is 12.8 Å². The molecule has 33 heavy (non-hydrogen) atoms. The summed E-state index contributed by atoms with van der Waals surface area (Å²) in [5.41, 5.74) is 1.74. The Bertz CT molecular complexity index is 1110. The van der Waals surface area contributed by atoms with Gasteiger partial charge in [-0.15, -0.1) is 0 Å². The highest BCUT2D eigenvalue weighted by Crippen LogP contribution is 2.37. The van der Waals surface area contributed by atoms with Gasteiger partial charge in [0.25, 0.3) is 5.91 Å². The fourth-order valence-electron chi connectivity index (χ4n) is 4.10. The number of halogens is 2. The molecule has 1 saturated heterocycles. The Kier molecular flexibility index (Phi) is 6.76. The first-order valence-electron chi connectivity index (χ1n) is 10.5. The lowest BCUT2D eigenvalue weighted by Gasteiger charge is -2.27. The number of amides is 3. The lowest BCUT2D eigenvalue weighted by Crippen LogP contribution is -2.41. The van der Waals surface area contributed by atoms with Crippen LogP contribution in [-0.2, 0) is 19.1 Å². The van der Waals surface area contributed by atoms with Crippen molar-refractivity contribution >= 4 is 46.4 Å². The van der Waals surface area contributed by atoms with E-state index in [-0.39, 0.29) is 24.1 Å². The number of nitrogens with one attached hydrogen (secondary N) is 2. The summed E-state index contributed by atoms with van der Waals surface area (Å²) in [6.07, 6.45) is 0.713. The minimum absolute atomic E-state index is 0.0150. The van der Waals surface area contributed by atoms with Crippen LogP contribution in [0.25, 0.3) is 0 Å². The molecule has 2 aliphatic rings. The van der Waals surface area contributed by atoms with E-state index in [9.17, 15) is 18.8 Å². The highest BCUT2D eigenvalue weighted by Gasteiger charge is 2.39. The topological polar surface area (TPSA) is 87.7 Å². The molecule has 1 heterocycles. The smallest absolute Gasteiger partial charge is 0.253 e. The van der Waals surface area contributed by atoms with Gasteiger partial charge in [-0.1, -0.05) is 23.8 Å². The summed E-state index contributed by atoms with van der Waals surface area (Å²) < 4.78 is 19.8. The van der Waals surface area contributed by atoms with E-state index >= 15 is 0 Å². The average Bonchev–Trinajstić information content (AvgIpc) is 3.19. The van der Waals surface area contributed by atoms with Crippen LogP contribution in [0.5, 0.6) is 0 Å². The molecule has 2 fully saturated rings. The number of nitrogens with zero attached hydrogens (tertiary/aromatic N) is 1. The molecule has 3 amide bonds. The predicted molar refractivity (Wildman–Crippen MR) is 124 cm³/mol. The number of hydrogen-bond donors (Lipinski definition) is 2. The molecular formula is C24H23ClFN3O4. The fraction of sp³-hybridized carbons (Fsp3) is 0.292. The quantitative estimate of drug-likeness (QED) is 0.645. The molecule has 0 aromatic heterocycles. The van der Waals surface area contributed by atoms with E-state index in [4.69, 9.17) is 16.3 Å². The molecule has 1 aliphatic carbocycles. The average molecular weight is 472 g/mol. The van der Waals surface area contributed by atoms with Gasteiger partial charge in [0.05, 0.1) is 24.1 Å². The highest BCUT2D eigenvalue weighted by molar-refractivity contribution is 6.30. The number of carbonyl (C=O) groups excluding carboxylic acids is 3. The molecule has 2 aromatic rings. The van der Waals surface area contributed by atoms with E-state index in [0.717, 1.165) is 5.57 Å². The minimum Gasteiger partial charge on any atom is -0.370 e. The van der Waals surface area contributed by atoms with Crippen LogP contribution in [0.15, 0.2) is 54.6 Å². The normalized spacial score (nSPS) is 20.6. The Morgan fingerprint density at radius 1 is 1.06 bits per heavy atom. The number of ether oxygens (including phenoxy) is 1. The molecule has 2 N–H and O–H groups in total. The van der Waals surface area contributed by atoms with Gasteiger partial charge in [0.15, 0.2) is 0 Å². The molecule has 1 saturated carbocycles. The Hall–Kier alpha value is -3.23. The zero-order valence-corrected chi connectivity index (χ0v) is 18.5. The maximum Gasteiger partial charge on any atom is 0.253 e. The summed E-state index contributed by atoms with van der Waals surface area (Å²) in [4.78, 5) is 39.2. The monoisotopic (exact) mass is 471 g/mol. The summed E-state index contributed by atoms with van der Waals surface area (Å²) in [5, 5.41) is 5.94. The van der Waals surface area contributed by atoms with Crippen LogP contribution in [0.2, 0.25) is 5.02 Å². The van der Waals surface area contributed by atoms with Crippen molar-refractivity contribution in [1.82, 2.24) is 0 Å². The molecule has 172 valence electrons. The zero-order chi connectivity index (χ0) is 23.5. The molecular weight excluding hydrogens is 449 g/mol. The molecule has 4 rings (SSSR count). The number of morpholine rings is 1. The Balaban J connectivity index is 1.45. The SMILES string of the molecule is C=C1C[C@H](C(=O)Nc2ccc(Cl)cc2)[C@@H](C(=O)Nc2ccc(N3CCOCC3=O)cc2F)C1. The van der Waals surface area contributed by atoms with Crippen molar-refractivity contribution in [3.8, 4) is 0 Å². The second-order valence-electron chi connectivity index (χ2n) is 8.12. The third kappa shape index (κ3) is 5.23. The number of benzene rings is 2. The largest absolute Gasteiger partial charge is 0.370 e. The second kappa shape index (κ2) is 9.72.